The molecule has 0 N–H and O–H groups in total. The Balaban J connectivity index is 0.000000135. The van der Waals surface area contributed by atoms with Crippen molar-refractivity contribution in [3.8, 4) is 79.7 Å². The van der Waals surface area contributed by atoms with Gasteiger partial charge in [0.05, 0.1) is 22.1 Å². The first-order valence-corrected chi connectivity index (χ1v) is 32.1. The zero-order valence-corrected chi connectivity index (χ0v) is 51.4. The molecule has 0 bridgehead atoms. The molecule has 0 amide bonds. The molecule has 20 aromatic rings. The summed E-state index contributed by atoms with van der Waals surface area (Å²) in [5, 5.41) is 14.0. The number of hydrogen-bond acceptors (Lipinski definition) is 8. The van der Waals surface area contributed by atoms with E-state index in [4.69, 9.17) is 38.7 Å². The van der Waals surface area contributed by atoms with Crippen molar-refractivity contribution >= 4 is 109 Å². The van der Waals surface area contributed by atoms with Gasteiger partial charge in [-0.1, -0.05) is 218 Å². The molecule has 0 aliphatic heterocycles. The zero-order valence-electron chi connectivity index (χ0n) is 51.4. The summed E-state index contributed by atoms with van der Waals surface area (Å²) in [6.07, 6.45) is 0. The molecule has 0 aliphatic rings. The van der Waals surface area contributed by atoms with Crippen LogP contribution in [0.3, 0.4) is 0 Å². The van der Waals surface area contributed by atoms with Crippen molar-refractivity contribution in [1.29, 1.82) is 0 Å². The summed E-state index contributed by atoms with van der Waals surface area (Å²) in [6.45, 7) is 0. The predicted octanol–water partition coefficient (Wildman–Crippen LogP) is 22.0. The molecule has 14 aromatic carbocycles. The fraction of sp³-hybridized carbons (Fsp3) is 0. The van der Waals surface area contributed by atoms with Crippen LogP contribution in [-0.4, -0.2) is 39.0 Å². The van der Waals surface area contributed by atoms with Crippen LogP contribution in [0.2, 0.25) is 0 Å². The summed E-state index contributed by atoms with van der Waals surface area (Å²) in [4.78, 5) is 29.5. The molecule has 0 unspecified atom stereocenters. The van der Waals surface area contributed by atoms with Crippen LogP contribution in [0.1, 0.15) is 0 Å². The smallest absolute Gasteiger partial charge is 0.164 e. The summed E-state index contributed by atoms with van der Waals surface area (Å²) in [5.74, 6) is 3.84. The van der Waals surface area contributed by atoms with Crippen molar-refractivity contribution in [2.24, 2.45) is 0 Å². The lowest BCUT2D eigenvalue weighted by Gasteiger charge is -2.11. The molecule has 96 heavy (non-hydrogen) atoms. The Bertz CT molecular complexity index is 6300. The fourth-order valence-corrected chi connectivity index (χ4v) is 13.9. The van der Waals surface area contributed by atoms with Crippen molar-refractivity contribution in [3.05, 3.63) is 315 Å². The van der Waals surface area contributed by atoms with Crippen molar-refractivity contribution in [2.45, 2.75) is 0 Å². The van der Waals surface area contributed by atoms with Crippen molar-refractivity contribution < 1.29 is 8.83 Å². The Kier molecular flexibility index (Phi) is 12.7. The van der Waals surface area contributed by atoms with Crippen LogP contribution in [0.5, 0.6) is 0 Å². The summed E-state index contributed by atoms with van der Waals surface area (Å²) in [5.41, 5.74) is 15.7. The highest BCUT2D eigenvalue weighted by Gasteiger charge is 2.23. The number of furan rings is 2. The van der Waals surface area contributed by atoms with Gasteiger partial charge in [-0.05, 0) is 119 Å². The minimum Gasteiger partial charge on any atom is -0.456 e. The third-order valence-electron chi connectivity index (χ3n) is 18.5. The first-order chi connectivity index (χ1) is 47.6. The third kappa shape index (κ3) is 9.18. The van der Waals surface area contributed by atoms with E-state index in [9.17, 15) is 0 Å². The monoisotopic (exact) mass is 1230 g/mol. The Morgan fingerprint density at radius 1 is 0.219 bits per heavy atom. The van der Waals surface area contributed by atoms with Crippen LogP contribution >= 0.6 is 0 Å². The van der Waals surface area contributed by atoms with Gasteiger partial charge in [0, 0.05) is 87.8 Å². The summed E-state index contributed by atoms with van der Waals surface area (Å²) < 4.78 is 17.7. The zero-order chi connectivity index (χ0) is 63.2. The number of benzene rings is 14. The van der Waals surface area contributed by atoms with Crippen molar-refractivity contribution in [1.82, 2.24) is 39.0 Å². The SMILES string of the molecule is c1ccc(-c2nc(-c3ccccc3)nc(-c3ccc(-n4c5cc6ccccc6cc5c5cc6oc7ccccc7c6cc54)cc3)n2)cc1.c1ccc(-c2nc(-c3ccccc3)nc(-c3ccc(-n4c5ccc6ccccc6c5c5ccc6c7ccccc7oc6c54)cc3)n2)cc1. The maximum atomic E-state index is 6.63. The number of aromatic nitrogens is 8. The first-order valence-electron chi connectivity index (χ1n) is 32.1. The molecule has 6 aromatic heterocycles. The Labute approximate surface area is 549 Å². The second-order valence-electron chi connectivity index (χ2n) is 24.1. The van der Waals surface area contributed by atoms with Gasteiger partial charge < -0.3 is 18.0 Å². The van der Waals surface area contributed by atoms with Gasteiger partial charge in [-0.3, -0.25) is 0 Å². The molecule has 0 radical (unpaired) electrons. The van der Waals surface area contributed by atoms with E-state index in [1.165, 1.54) is 32.3 Å². The topological polar surface area (TPSA) is 113 Å². The van der Waals surface area contributed by atoms with Gasteiger partial charge in [0.1, 0.15) is 16.7 Å². The molecule has 10 heteroatoms. The van der Waals surface area contributed by atoms with E-state index in [1.807, 2.05) is 146 Å². The average Bonchev–Trinajstić information content (AvgIpc) is 1.56. The Morgan fingerprint density at radius 2 is 0.615 bits per heavy atom. The van der Waals surface area contributed by atoms with Crippen LogP contribution in [0.4, 0.5) is 0 Å². The number of rotatable bonds is 8. The van der Waals surface area contributed by atoms with E-state index >= 15 is 0 Å². The van der Waals surface area contributed by atoms with E-state index in [0.29, 0.717) is 34.9 Å². The Morgan fingerprint density at radius 3 is 1.15 bits per heavy atom. The minimum absolute atomic E-state index is 0.627. The molecule has 0 saturated carbocycles. The number of fused-ring (bicyclic) bond motifs is 16. The normalized spacial score (nSPS) is 11.8. The molecular formula is C86H52N8O2. The van der Waals surface area contributed by atoms with E-state index in [2.05, 4.69) is 179 Å². The highest BCUT2D eigenvalue weighted by atomic mass is 16.3. The lowest BCUT2D eigenvalue weighted by Crippen LogP contribution is -2.00. The number of para-hydroxylation sites is 2. The largest absolute Gasteiger partial charge is 0.456 e. The van der Waals surface area contributed by atoms with Gasteiger partial charge >= 0.3 is 0 Å². The van der Waals surface area contributed by atoms with Gasteiger partial charge in [-0.15, -0.1) is 0 Å². The maximum absolute atomic E-state index is 6.63. The Hall–Kier alpha value is -13.2. The molecule has 10 nitrogen and oxygen atoms in total. The maximum Gasteiger partial charge on any atom is 0.164 e. The highest BCUT2D eigenvalue weighted by molar-refractivity contribution is 6.27. The molecular weight excluding hydrogens is 1180 g/mol. The predicted molar refractivity (Wildman–Crippen MR) is 391 cm³/mol. The van der Waals surface area contributed by atoms with Crippen molar-refractivity contribution in [2.75, 3.05) is 0 Å². The summed E-state index contributed by atoms with van der Waals surface area (Å²) in [6, 6.07) is 109. The molecule has 0 saturated heterocycles. The van der Waals surface area contributed by atoms with E-state index in [1.54, 1.807) is 0 Å². The van der Waals surface area contributed by atoms with E-state index < -0.39 is 0 Å². The molecule has 0 fully saturated rings. The summed E-state index contributed by atoms with van der Waals surface area (Å²) >= 11 is 0. The number of hydrogen-bond donors (Lipinski definition) is 0. The van der Waals surface area contributed by atoms with Gasteiger partial charge in [-0.25, -0.2) is 29.9 Å². The standard InChI is InChI=1S/2C43H26N4O/c1-3-12-28(13-4-1)41-44-42(29-14-5-2-6-15-29)46-43(45-41)30-19-22-31(23-20-30)47-36-26-21-27-11-7-8-16-32(27)38(36)35-25-24-34-33-17-9-10-18-37(33)48-40(34)39(35)47;1-3-11-27(12-4-1)41-44-42(28-13-5-2-6-14-28)46-43(45-41)29-19-21-32(22-20-29)47-37-24-31-16-8-7-15-30(31)23-34(37)35-26-40-36(25-38(35)47)33-17-9-10-18-39(33)48-40/h2*1-26H. The lowest BCUT2D eigenvalue weighted by molar-refractivity contribution is 0.669. The van der Waals surface area contributed by atoms with E-state index in [0.717, 1.165) is 121 Å². The summed E-state index contributed by atoms with van der Waals surface area (Å²) in [7, 11) is 0. The lowest BCUT2D eigenvalue weighted by atomic mass is 10.0. The third-order valence-corrected chi connectivity index (χ3v) is 18.5. The molecule has 6 heterocycles. The fourth-order valence-electron chi connectivity index (χ4n) is 13.9. The quantitative estimate of drug-likeness (QED) is 0.148. The molecule has 0 atom stereocenters. The van der Waals surface area contributed by atoms with Gasteiger partial charge in [0.25, 0.3) is 0 Å². The van der Waals surface area contributed by atoms with Crippen molar-refractivity contribution in [3.63, 3.8) is 0 Å². The second kappa shape index (κ2) is 22.3. The first kappa shape index (κ1) is 54.5. The van der Waals surface area contributed by atoms with Crippen LogP contribution < -0.4 is 0 Å². The van der Waals surface area contributed by atoms with Crippen LogP contribution in [-0.2, 0) is 0 Å². The number of nitrogens with zero attached hydrogens (tertiary/aromatic N) is 8. The van der Waals surface area contributed by atoms with Gasteiger partial charge in [0.2, 0.25) is 0 Å². The van der Waals surface area contributed by atoms with E-state index in [-0.39, 0.29) is 0 Å². The van der Waals surface area contributed by atoms with Crippen LogP contribution in [0.15, 0.2) is 324 Å². The minimum atomic E-state index is 0.627. The highest BCUT2D eigenvalue weighted by Crippen LogP contribution is 2.44. The molecule has 0 spiro atoms. The molecule has 20 rings (SSSR count). The van der Waals surface area contributed by atoms with Gasteiger partial charge in [-0.2, -0.15) is 0 Å². The van der Waals surface area contributed by atoms with Gasteiger partial charge in [0.15, 0.2) is 40.5 Å². The second-order valence-corrected chi connectivity index (χ2v) is 24.1. The van der Waals surface area contributed by atoms with Crippen LogP contribution in [0.25, 0.3) is 189 Å². The average molecular weight is 1230 g/mol. The van der Waals surface area contributed by atoms with Crippen LogP contribution in [0, 0.1) is 0 Å². The molecule has 0 aliphatic carbocycles. The molecule has 448 valence electrons.